The van der Waals surface area contributed by atoms with E-state index in [9.17, 15) is 4.79 Å². The Morgan fingerprint density at radius 1 is 1.18 bits per heavy atom. The van der Waals surface area contributed by atoms with E-state index in [0.29, 0.717) is 6.47 Å². The van der Waals surface area contributed by atoms with Gasteiger partial charge in [0, 0.05) is 14.2 Å². The lowest BCUT2D eigenvalue weighted by molar-refractivity contribution is -0.138. The first kappa shape index (κ1) is 18.7. The van der Waals surface area contributed by atoms with Crippen molar-refractivity contribution in [1.82, 2.24) is 5.32 Å². The highest BCUT2D eigenvalue weighted by Gasteiger charge is 2.07. The van der Waals surface area contributed by atoms with Gasteiger partial charge in [-0.15, -0.1) is 0 Å². The summed E-state index contributed by atoms with van der Waals surface area (Å²) >= 11 is 0. The van der Waals surface area contributed by atoms with Gasteiger partial charge in [-0.25, -0.2) is 0 Å². The van der Waals surface area contributed by atoms with Crippen molar-refractivity contribution in [2.24, 2.45) is 5.92 Å². The number of ether oxygens (including phenoxy) is 2. The van der Waals surface area contributed by atoms with Crippen LogP contribution in [0.2, 0.25) is 0 Å². The average Bonchev–Trinajstić information content (AvgIpc) is 2.19. The molecule has 104 valence electrons. The summed E-state index contributed by atoms with van der Waals surface area (Å²) < 4.78 is 8.80. The number of hydrogen-bond donors (Lipinski definition) is 1. The van der Waals surface area contributed by atoms with Gasteiger partial charge >= 0.3 is 0 Å². The minimum atomic E-state index is -0.318. The van der Waals surface area contributed by atoms with Crippen molar-refractivity contribution in [3.05, 3.63) is 0 Å². The molecule has 0 aliphatic carbocycles. The van der Waals surface area contributed by atoms with Crippen LogP contribution in [-0.4, -0.2) is 39.4 Å². The van der Waals surface area contributed by atoms with E-state index in [4.69, 9.17) is 0 Å². The summed E-state index contributed by atoms with van der Waals surface area (Å²) in [6, 6.07) is 0. The number of carbonyl (C=O) groups is 1. The maximum Gasteiger partial charge on any atom is 0.293 e. The molecule has 0 unspecified atom stereocenters. The third-order valence-electron chi connectivity index (χ3n) is 2.03. The summed E-state index contributed by atoms with van der Waals surface area (Å²) in [7, 11) is 3.25. The molecule has 1 heterocycles. The Kier molecular flexibility index (Phi) is 13.1. The van der Waals surface area contributed by atoms with E-state index in [1.54, 1.807) is 14.2 Å². The minimum absolute atomic E-state index is 0.318. The number of methoxy groups -OCH3 is 1. The summed E-state index contributed by atoms with van der Waals surface area (Å²) in [5, 5.41) is 3.32. The summed E-state index contributed by atoms with van der Waals surface area (Å²) in [5.74, 6) is 0.973. The van der Waals surface area contributed by atoms with Gasteiger partial charge in [0.15, 0.2) is 0 Å². The van der Waals surface area contributed by atoms with Gasteiger partial charge in [0.25, 0.3) is 6.47 Å². The lowest BCUT2D eigenvalue weighted by Gasteiger charge is -2.17. The fraction of sp³-hybridized carbons (Fsp3) is 0.923. The van der Waals surface area contributed by atoms with Gasteiger partial charge in [-0.2, -0.15) is 0 Å². The molecule has 1 saturated heterocycles. The molecule has 4 nitrogen and oxygen atoms in total. The monoisotopic (exact) mass is 247 g/mol. The van der Waals surface area contributed by atoms with Crippen molar-refractivity contribution in [1.29, 1.82) is 0 Å². The van der Waals surface area contributed by atoms with Crippen LogP contribution in [0.3, 0.4) is 0 Å². The van der Waals surface area contributed by atoms with Crippen LogP contribution >= 0.6 is 0 Å². The van der Waals surface area contributed by atoms with E-state index in [1.807, 2.05) is 20.8 Å². The molecule has 0 aromatic rings. The van der Waals surface area contributed by atoms with E-state index in [-0.39, 0.29) is 5.60 Å². The van der Waals surface area contributed by atoms with Crippen molar-refractivity contribution in [3.63, 3.8) is 0 Å². The highest BCUT2D eigenvalue weighted by Crippen LogP contribution is 2.08. The van der Waals surface area contributed by atoms with E-state index >= 15 is 0 Å². The molecular formula is C13H29NO3. The fourth-order valence-corrected chi connectivity index (χ4v) is 1.11. The molecule has 1 aliphatic rings. The lowest BCUT2D eigenvalue weighted by atomic mass is 10.0. The van der Waals surface area contributed by atoms with Crippen LogP contribution in [0.1, 0.15) is 40.5 Å². The third-order valence-corrected chi connectivity index (χ3v) is 2.03. The third kappa shape index (κ3) is 21.3. The Balaban J connectivity index is 0. The predicted octanol–water partition coefficient (Wildman–Crippen LogP) is 2.23. The molecule has 0 bridgehead atoms. The van der Waals surface area contributed by atoms with Gasteiger partial charge < -0.3 is 14.8 Å². The molecule has 0 aromatic carbocycles. The molecule has 1 aliphatic heterocycles. The van der Waals surface area contributed by atoms with Crippen molar-refractivity contribution in [2.45, 2.75) is 46.1 Å². The molecular weight excluding hydrogens is 218 g/mol. The first-order chi connectivity index (χ1) is 7.87. The van der Waals surface area contributed by atoms with Gasteiger partial charge in [0.1, 0.15) is 5.60 Å². The van der Waals surface area contributed by atoms with Crippen LogP contribution < -0.4 is 5.32 Å². The molecule has 17 heavy (non-hydrogen) atoms. The molecule has 0 aromatic heterocycles. The second-order valence-electron chi connectivity index (χ2n) is 5.17. The zero-order chi connectivity index (χ0) is 13.7. The fourth-order valence-electron chi connectivity index (χ4n) is 1.11. The highest BCUT2D eigenvalue weighted by molar-refractivity contribution is 5.37. The zero-order valence-corrected chi connectivity index (χ0v) is 12.2. The second-order valence-corrected chi connectivity index (χ2v) is 5.17. The van der Waals surface area contributed by atoms with Crippen molar-refractivity contribution < 1.29 is 14.3 Å². The molecule has 1 N–H and O–H groups in total. The second kappa shape index (κ2) is 11.9. The van der Waals surface area contributed by atoms with Gasteiger partial charge in [-0.1, -0.05) is 6.92 Å². The lowest BCUT2D eigenvalue weighted by Crippen LogP contribution is -2.26. The van der Waals surface area contributed by atoms with Crippen LogP contribution in [-0.2, 0) is 14.3 Å². The van der Waals surface area contributed by atoms with E-state index in [1.165, 1.54) is 25.9 Å². The Bertz CT molecular complexity index is 161. The zero-order valence-electron chi connectivity index (χ0n) is 12.2. The van der Waals surface area contributed by atoms with Crippen LogP contribution in [0.25, 0.3) is 0 Å². The van der Waals surface area contributed by atoms with Gasteiger partial charge in [-0.05, 0) is 52.6 Å². The number of piperidine rings is 1. The Labute approximate surface area is 106 Å². The Morgan fingerprint density at radius 3 is 1.71 bits per heavy atom. The maximum atomic E-state index is 9.60. The summed E-state index contributed by atoms with van der Waals surface area (Å²) in [6.07, 6.45) is 2.75. The number of nitrogens with one attached hydrogen (secondary N) is 1. The first-order valence-electron chi connectivity index (χ1n) is 6.09. The summed E-state index contributed by atoms with van der Waals surface area (Å²) in [5.41, 5.74) is -0.318. The Morgan fingerprint density at radius 2 is 1.59 bits per heavy atom. The molecule has 0 atom stereocenters. The number of carbonyl (C=O) groups excluding carboxylic acids is 1. The normalized spacial score (nSPS) is 15.9. The molecule has 0 spiro atoms. The summed E-state index contributed by atoms with van der Waals surface area (Å²) in [4.78, 5) is 9.60. The van der Waals surface area contributed by atoms with Gasteiger partial charge in [0.2, 0.25) is 0 Å². The van der Waals surface area contributed by atoms with Crippen LogP contribution in [0.15, 0.2) is 0 Å². The smallest absolute Gasteiger partial charge is 0.293 e. The first-order valence-corrected chi connectivity index (χ1v) is 6.09. The van der Waals surface area contributed by atoms with Crippen molar-refractivity contribution in [3.8, 4) is 0 Å². The molecule has 0 amide bonds. The minimum Gasteiger partial charge on any atom is -0.462 e. The van der Waals surface area contributed by atoms with Crippen molar-refractivity contribution >= 4 is 6.47 Å². The van der Waals surface area contributed by atoms with Crippen LogP contribution in [0.4, 0.5) is 0 Å². The Hall–Kier alpha value is -0.610. The highest BCUT2D eigenvalue weighted by atomic mass is 16.5. The largest absolute Gasteiger partial charge is 0.462 e. The maximum absolute atomic E-state index is 9.60. The summed E-state index contributed by atoms with van der Waals surface area (Å²) in [6.45, 7) is 10.7. The van der Waals surface area contributed by atoms with Gasteiger partial charge in [0.05, 0.1) is 0 Å². The van der Waals surface area contributed by atoms with Crippen LogP contribution in [0, 0.1) is 5.92 Å². The van der Waals surface area contributed by atoms with E-state index in [0.717, 1.165) is 5.92 Å². The average molecular weight is 247 g/mol. The molecule has 0 saturated carbocycles. The molecule has 1 rings (SSSR count). The topological polar surface area (TPSA) is 47.6 Å². The predicted molar refractivity (Wildman–Crippen MR) is 71.1 cm³/mol. The van der Waals surface area contributed by atoms with E-state index in [2.05, 4.69) is 21.7 Å². The SMILES string of the molecule is CC(C)(C)OC=O.CC1CCNCC1.COC. The molecule has 1 fully saturated rings. The molecule has 0 radical (unpaired) electrons. The van der Waals surface area contributed by atoms with Crippen LogP contribution in [0.5, 0.6) is 0 Å². The number of rotatable bonds is 1. The molecule has 4 heteroatoms. The quantitative estimate of drug-likeness (QED) is 0.722. The standard InChI is InChI=1S/C6H13N.C5H10O2.C2H6O/c1-6-2-4-7-5-3-6;1-5(2,3)7-4-6;1-3-2/h6-7H,2-5H2,1H3;4H,1-3H3;1-2H3. The number of hydrogen-bond acceptors (Lipinski definition) is 4. The van der Waals surface area contributed by atoms with Gasteiger partial charge in [-0.3, -0.25) is 4.79 Å². The van der Waals surface area contributed by atoms with Crippen molar-refractivity contribution in [2.75, 3.05) is 27.3 Å². The van der Waals surface area contributed by atoms with E-state index < -0.39 is 0 Å².